The molecule has 21 heavy (non-hydrogen) atoms. The number of benzene rings is 1. The first-order valence-electron chi connectivity index (χ1n) is 6.91. The van der Waals surface area contributed by atoms with Crippen molar-refractivity contribution < 1.29 is 14.7 Å². The average Bonchev–Trinajstić information content (AvgIpc) is 2.69. The molecule has 0 fully saturated rings. The van der Waals surface area contributed by atoms with Gasteiger partial charge in [-0.1, -0.05) is 26.0 Å². The Labute approximate surface area is 124 Å². The van der Waals surface area contributed by atoms with Crippen LogP contribution >= 0.6 is 0 Å². The van der Waals surface area contributed by atoms with E-state index in [9.17, 15) is 14.7 Å². The second kappa shape index (κ2) is 4.98. The van der Waals surface area contributed by atoms with Gasteiger partial charge >= 0.3 is 0 Å². The third-order valence-corrected chi connectivity index (χ3v) is 4.36. The molecule has 1 amide bonds. The largest absolute Gasteiger partial charge is 0.545 e. The van der Waals surface area contributed by atoms with Crippen LogP contribution in [0.5, 0.6) is 0 Å². The molecule has 1 heterocycles. The first-order chi connectivity index (χ1) is 9.68. The lowest BCUT2D eigenvalue weighted by atomic mass is 9.89. The number of hydrogen-bond donors (Lipinski definition) is 1. The molecule has 1 N–H and O–H groups in total. The first-order valence-corrected chi connectivity index (χ1v) is 6.91. The minimum atomic E-state index is -1.26. The van der Waals surface area contributed by atoms with Gasteiger partial charge in [0.2, 0.25) is 0 Å². The number of carbonyl (C=O) groups excluding carboxylic acids is 2. The van der Waals surface area contributed by atoms with Crippen molar-refractivity contribution in [3.8, 4) is 0 Å². The summed E-state index contributed by atoms with van der Waals surface area (Å²) in [7, 11) is 0. The van der Waals surface area contributed by atoms with Crippen molar-refractivity contribution in [2.45, 2.75) is 40.2 Å². The number of nitrogens with one attached hydrogen (secondary N) is 1. The maximum atomic E-state index is 12.2. The zero-order valence-electron chi connectivity index (χ0n) is 12.9. The van der Waals surface area contributed by atoms with Crippen LogP contribution in [-0.4, -0.2) is 23.3 Å². The number of aromatic carboxylic acids is 1. The Morgan fingerprint density at radius 2 is 1.95 bits per heavy atom. The number of nitrogens with zero attached hydrogens (tertiary/aromatic N) is 1. The molecule has 0 aliphatic carbocycles. The van der Waals surface area contributed by atoms with Crippen molar-refractivity contribution in [2.75, 3.05) is 0 Å². The molecule has 1 aliphatic rings. The highest BCUT2D eigenvalue weighted by Gasteiger charge is 2.42. The van der Waals surface area contributed by atoms with Crippen molar-refractivity contribution in [1.82, 2.24) is 5.32 Å². The van der Waals surface area contributed by atoms with Gasteiger partial charge in [-0.2, -0.15) is 0 Å². The van der Waals surface area contributed by atoms with E-state index < -0.39 is 11.5 Å². The summed E-state index contributed by atoms with van der Waals surface area (Å²) >= 11 is 0. The quantitative estimate of drug-likeness (QED) is 0.899. The second-order valence-corrected chi connectivity index (χ2v) is 5.93. The summed E-state index contributed by atoms with van der Waals surface area (Å²) in [4.78, 5) is 28.1. The molecular formula is C16H19N2O3-. The van der Waals surface area contributed by atoms with E-state index in [1.54, 1.807) is 19.9 Å². The summed E-state index contributed by atoms with van der Waals surface area (Å²) in [6.45, 7) is 9.12. The zero-order chi connectivity index (χ0) is 15.9. The molecule has 1 aromatic rings. The molecule has 5 heteroatoms. The van der Waals surface area contributed by atoms with Gasteiger partial charge in [-0.25, -0.2) is 0 Å². The summed E-state index contributed by atoms with van der Waals surface area (Å²) < 4.78 is 0. The SMILES string of the molecule is Cc1ccc(C2=NC(C)(C(C)C)C(=O)N2)c(C(=O)[O-])c1C. The number of aliphatic imine (C=N–C) groups is 1. The zero-order valence-corrected chi connectivity index (χ0v) is 12.9. The molecule has 0 saturated carbocycles. The highest BCUT2D eigenvalue weighted by atomic mass is 16.4. The lowest BCUT2D eigenvalue weighted by molar-refractivity contribution is -0.255. The van der Waals surface area contributed by atoms with E-state index in [1.807, 2.05) is 26.8 Å². The lowest BCUT2D eigenvalue weighted by Crippen LogP contribution is -2.41. The summed E-state index contributed by atoms with van der Waals surface area (Å²) in [5.41, 5.74) is 1.09. The van der Waals surface area contributed by atoms with E-state index in [2.05, 4.69) is 10.3 Å². The van der Waals surface area contributed by atoms with E-state index >= 15 is 0 Å². The van der Waals surface area contributed by atoms with Gasteiger partial charge in [0.1, 0.15) is 11.4 Å². The number of carbonyl (C=O) groups is 2. The number of carboxylic acid groups (broad SMARTS) is 1. The van der Waals surface area contributed by atoms with Crippen LogP contribution in [0.2, 0.25) is 0 Å². The van der Waals surface area contributed by atoms with Crippen LogP contribution in [0, 0.1) is 19.8 Å². The van der Waals surface area contributed by atoms with Gasteiger partial charge in [0.25, 0.3) is 5.91 Å². The van der Waals surface area contributed by atoms with Crippen molar-refractivity contribution in [3.05, 3.63) is 34.4 Å². The van der Waals surface area contributed by atoms with Gasteiger partial charge in [-0.05, 0) is 37.8 Å². The van der Waals surface area contributed by atoms with Crippen LogP contribution in [-0.2, 0) is 4.79 Å². The molecule has 1 aliphatic heterocycles. The highest BCUT2D eigenvalue weighted by molar-refractivity contribution is 6.18. The first kappa shape index (κ1) is 15.2. The third-order valence-electron chi connectivity index (χ3n) is 4.36. The fourth-order valence-electron chi connectivity index (χ4n) is 2.34. The van der Waals surface area contributed by atoms with Crippen molar-refractivity contribution in [3.63, 3.8) is 0 Å². The monoisotopic (exact) mass is 287 g/mol. The number of hydrogen-bond acceptors (Lipinski definition) is 4. The number of amides is 1. The molecule has 1 aromatic carbocycles. The van der Waals surface area contributed by atoms with Gasteiger partial charge < -0.3 is 15.2 Å². The van der Waals surface area contributed by atoms with Gasteiger partial charge in [-0.3, -0.25) is 9.79 Å². The smallest absolute Gasteiger partial charge is 0.253 e. The van der Waals surface area contributed by atoms with Gasteiger partial charge in [0, 0.05) is 11.1 Å². The normalized spacial score (nSPS) is 21.4. The summed E-state index contributed by atoms with van der Waals surface area (Å²) in [5.74, 6) is -1.16. The molecule has 1 unspecified atom stereocenters. The Hall–Kier alpha value is -2.17. The van der Waals surface area contributed by atoms with E-state index in [-0.39, 0.29) is 17.4 Å². The van der Waals surface area contributed by atoms with E-state index in [0.29, 0.717) is 17.0 Å². The standard InChI is InChI=1S/C16H20N2O3/c1-8(2)16(5)15(21)17-13(18-16)11-7-6-9(3)10(4)12(11)14(19)20/h6-8H,1-5H3,(H,19,20)(H,17,18,21)/p-1. The van der Waals surface area contributed by atoms with Crippen LogP contribution in [0.25, 0.3) is 0 Å². The Balaban J connectivity index is 2.62. The highest BCUT2D eigenvalue weighted by Crippen LogP contribution is 2.28. The maximum Gasteiger partial charge on any atom is 0.253 e. The second-order valence-electron chi connectivity index (χ2n) is 5.93. The predicted molar refractivity (Wildman–Crippen MR) is 78.2 cm³/mol. The average molecular weight is 287 g/mol. The van der Waals surface area contributed by atoms with Gasteiger partial charge in [-0.15, -0.1) is 0 Å². The number of aryl methyl sites for hydroxylation is 1. The Kier molecular flexibility index (Phi) is 3.61. The number of amidine groups is 1. The molecule has 0 aromatic heterocycles. The summed E-state index contributed by atoms with van der Waals surface area (Å²) in [6, 6.07) is 3.48. The van der Waals surface area contributed by atoms with Crippen LogP contribution in [0.15, 0.2) is 17.1 Å². The Bertz CT molecular complexity index is 662. The molecule has 0 spiro atoms. The van der Waals surface area contributed by atoms with Gasteiger partial charge in [0.15, 0.2) is 0 Å². The molecule has 2 rings (SSSR count). The van der Waals surface area contributed by atoms with Crippen LogP contribution in [0.1, 0.15) is 47.8 Å². The van der Waals surface area contributed by atoms with Crippen molar-refractivity contribution in [2.24, 2.45) is 10.9 Å². The van der Waals surface area contributed by atoms with Crippen LogP contribution in [0.3, 0.4) is 0 Å². The van der Waals surface area contributed by atoms with E-state index in [0.717, 1.165) is 5.56 Å². The Morgan fingerprint density at radius 3 is 2.43 bits per heavy atom. The lowest BCUT2D eigenvalue weighted by Gasteiger charge is -2.21. The van der Waals surface area contributed by atoms with Crippen molar-refractivity contribution >= 4 is 17.7 Å². The maximum absolute atomic E-state index is 12.2. The molecule has 0 bridgehead atoms. The number of carboxylic acids is 1. The minimum absolute atomic E-state index is 0.00736. The predicted octanol–water partition coefficient (Wildman–Crippen LogP) is 0.958. The van der Waals surface area contributed by atoms with Crippen molar-refractivity contribution in [1.29, 1.82) is 0 Å². The fourth-order valence-corrected chi connectivity index (χ4v) is 2.34. The molecule has 0 radical (unpaired) electrons. The number of rotatable bonds is 3. The molecular weight excluding hydrogens is 268 g/mol. The summed E-state index contributed by atoms with van der Waals surface area (Å²) in [5, 5.41) is 14.2. The molecule has 112 valence electrons. The molecule has 0 saturated heterocycles. The summed E-state index contributed by atoms with van der Waals surface area (Å²) in [6.07, 6.45) is 0. The topological polar surface area (TPSA) is 81.6 Å². The molecule has 1 atom stereocenters. The van der Waals surface area contributed by atoms with Gasteiger partial charge in [0.05, 0.1) is 5.97 Å². The molecule has 5 nitrogen and oxygen atoms in total. The third kappa shape index (κ3) is 2.33. The minimum Gasteiger partial charge on any atom is -0.545 e. The fraction of sp³-hybridized carbons (Fsp3) is 0.438. The van der Waals surface area contributed by atoms with E-state index in [1.165, 1.54) is 0 Å². The van der Waals surface area contributed by atoms with Crippen LogP contribution < -0.4 is 10.4 Å². The Morgan fingerprint density at radius 1 is 1.33 bits per heavy atom. The van der Waals surface area contributed by atoms with Crippen LogP contribution in [0.4, 0.5) is 0 Å². The van der Waals surface area contributed by atoms with E-state index in [4.69, 9.17) is 0 Å².